The van der Waals surface area contributed by atoms with Gasteiger partial charge in [-0.2, -0.15) is 0 Å². The van der Waals surface area contributed by atoms with Gasteiger partial charge in [0.15, 0.2) is 0 Å². The van der Waals surface area contributed by atoms with E-state index in [1.54, 1.807) is 20.2 Å². The fourth-order valence-electron chi connectivity index (χ4n) is 3.35. The number of nitrogens with zero attached hydrogens (tertiary/aromatic N) is 2. The highest BCUT2D eigenvalue weighted by atomic mass is 32.2. The molecule has 6 heteroatoms. The Morgan fingerprint density at radius 1 is 1.24 bits per heavy atom. The third-order valence-corrected chi connectivity index (χ3v) is 6.36. The maximum absolute atomic E-state index is 12.2. The summed E-state index contributed by atoms with van der Waals surface area (Å²) in [7, 11) is -0.211. The molecule has 5 nitrogen and oxygen atoms in total. The van der Waals surface area contributed by atoms with Crippen molar-refractivity contribution in [3.63, 3.8) is 0 Å². The SMILES string of the molecule is CN(C)S(=O)(=O)c1cccc(CN2C[C@H]3CNC[C@H]3C2)c1. The summed E-state index contributed by atoms with van der Waals surface area (Å²) in [5, 5.41) is 3.44. The molecule has 2 aliphatic heterocycles. The maximum Gasteiger partial charge on any atom is 0.242 e. The van der Waals surface area contributed by atoms with E-state index in [-0.39, 0.29) is 0 Å². The Kier molecular flexibility index (Phi) is 4.05. The Morgan fingerprint density at radius 3 is 2.52 bits per heavy atom. The number of likely N-dealkylation sites (tertiary alicyclic amines) is 1. The first kappa shape index (κ1) is 15.0. The molecule has 2 saturated heterocycles. The topological polar surface area (TPSA) is 52.7 Å². The standard InChI is InChI=1S/C15H23N3O2S/c1-17(2)21(19,20)15-5-3-4-12(6-15)9-18-10-13-7-16-8-14(13)11-18/h3-6,13-14,16H,7-11H2,1-2H3/t13-,14+. The molecule has 3 rings (SSSR count). The van der Waals surface area contributed by atoms with Gasteiger partial charge in [0.1, 0.15) is 0 Å². The van der Waals surface area contributed by atoms with Crippen LogP contribution in [0, 0.1) is 11.8 Å². The number of benzene rings is 1. The van der Waals surface area contributed by atoms with E-state index in [9.17, 15) is 8.42 Å². The number of hydrogen-bond donors (Lipinski definition) is 1. The summed E-state index contributed by atoms with van der Waals surface area (Å²) >= 11 is 0. The summed E-state index contributed by atoms with van der Waals surface area (Å²) in [5.41, 5.74) is 1.07. The van der Waals surface area contributed by atoms with Gasteiger partial charge in [0.05, 0.1) is 4.90 Å². The molecule has 2 fully saturated rings. The first-order valence-electron chi connectivity index (χ1n) is 7.41. The normalized spacial score (nSPS) is 26.4. The van der Waals surface area contributed by atoms with E-state index in [4.69, 9.17) is 0 Å². The van der Waals surface area contributed by atoms with Crippen molar-refractivity contribution in [3.05, 3.63) is 29.8 Å². The number of fused-ring (bicyclic) bond motifs is 1. The van der Waals surface area contributed by atoms with Crippen LogP contribution in [0.1, 0.15) is 5.56 Å². The lowest BCUT2D eigenvalue weighted by atomic mass is 10.0. The predicted octanol–water partition coefficient (Wildman–Crippen LogP) is 0.588. The molecule has 0 unspecified atom stereocenters. The Bertz CT molecular complexity index is 603. The zero-order valence-electron chi connectivity index (χ0n) is 12.6. The summed E-state index contributed by atoms with van der Waals surface area (Å²) in [6.07, 6.45) is 0. The minimum atomic E-state index is -3.34. The van der Waals surface area contributed by atoms with E-state index in [2.05, 4.69) is 10.2 Å². The molecule has 116 valence electrons. The summed E-state index contributed by atoms with van der Waals surface area (Å²) in [5.74, 6) is 1.53. The molecule has 0 spiro atoms. The molecule has 0 radical (unpaired) electrons. The average Bonchev–Trinajstić information content (AvgIpc) is 2.99. The van der Waals surface area contributed by atoms with Crippen LogP contribution in [0.15, 0.2) is 29.2 Å². The van der Waals surface area contributed by atoms with Gasteiger partial charge in [-0.1, -0.05) is 12.1 Å². The van der Waals surface area contributed by atoms with Gasteiger partial charge in [-0.3, -0.25) is 4.90 Å². The molecule has 1 N–H and O–H groups in total. The summed E-state index contributed by atoms with van der Waals surface area (Å²) in [6, 6.07) is 7.33. The molecule has 0 saturated carbocycles. The van der Waals surface area contributed by atoms with Crippen LogP contribution >= 0.6 is 0 Å². The monoisotopic (exact) mass is 309 g/mol. The quantitative estimate of drug-likeness (QED) is 0.884. The van der Waals surface area contributed by atoms with E-state index < -0.39 is 10.0 Å². The van der Waals surface area contributed by atoms with Gasteiger partial charge in [-0.05, 0) is 42.6 Å². The second-order valence-electron chi connectivity index (χ2n) is 6.31. The van der Waals surface area contributed by atoms with Crippen LogP contribution in [-0.2, 0) is 16.6 Å². The first-order valence-corrected chi connectivity index (χ1v) is 8.85. The predicted molar refractivity (Wildman–Crippen MR) is 82.4 cm³/mol. The van der Waals surface area contributed by atoms with Crippen LogP contribution in [-0.4, -0.2) is 57.9 Å². The third kappa shape index (κ3) is 2.99. The fourth-order valence-corrected chi connectivity index (χ4v) is 4.33. The lowest BCUT2D eigenvalue weighted by Crippen LogP contribution is -2.26. The van der Waals surface area contributed by atoms with Gasteiger partial charge in [0.2, 0.25) is 10.0 Å². The smallest absolute Gasteiger partial charge is 0.242 e. The van der Waals surface area contributed by atoms with Crippen molar-refractivity contribution >= 4 is 10.0 Å². The molecule has 0 aliphatic carbocycles. The van der Waals surface area contributed by atoms with Crippen LogP contribution < -0.4 is 5.32 Å². The van der Waals surface area contributed by atoms with Crippen LogP contribution in [0.25, 0.3) is 0 Å². The number of rotatable bonds is 4. The Morgan fingerprint density at radius 2 is 1.90 bits per heavy atom. The second kappa shape index (κ2) is 5.68. The third-order valence-electron chi connectivity index (χ3n) is 4.55. The molecule has 2 heterocycles. The van der Waals surface area contributed by atoms with Crippen LogP contribution in [0.2, 0.25) is 0 Å². The van der Waals surface area contributed by atoms with Crippen LogP contribution in [0.5, 0.6) is 0 Å². The number of hydrogen-bond acceptors (Lipinski definition) is 4. The summed E-state index contributed by atoms with van der Waals surface area (Å²) < 4.78 is 25.6. The Hall–Kier alpha value is -0.950. The average molecular weight is 309 g/mol. The molecule has 2 aliphatic rings. The minimum absolute atomic E-state index is 0.381. The van der Waals surface area contributed by atoms with Crippen molar-refractivity contribution in [1.29, 1.82) is 0 Å². The molecular formula is C15H23N3O2S. The lowest BCUT2D eigenvalue weighted by Gasteiger charge is -2.18. The van der Waals surface area contributed by atoms with Crippen molar-refractivity contribution in [2.75, 3.05) is 40.3 Å². The van der Waals surface area contributed by atoms with Crippen molar-refractivity contribution in [3.8, 4) is 0 Å². The molecule has 0 aromatic heterocycles. The van der Waals surface area contributed by atoms with Crippen molar-refractivity contribution in [2.24, 2.45) is 11.8 Å². The molecule has 21 heavy (non-hydrogen) atoms. The van der Waals surface area contributed by atoms with Crippen molar-refractivity contribution in [2.45, 2.75) is 11.4 Å². The molecule has 1 aromatic rings. The van der Waals surface area contributed by atoms with E-state index in [0.29, 0.717) is 4.90 Å². The highest BCUT2D eigenvalue weighted by Crippen LogP contribution is 2.27. The maximum atomic E-state index is 12.2. The summed E-state index contributed by atoms with van der Waals surface area (Å²) in [6.45, 7) is 5.31. The molecular weight excluding hydrogens is 286 g/mol. The fraction of sp³-hybridized carbons (Fsp3) is 0.600. The second-order valence-corrected chi connectivity index (χ2v) is 8.46. The van der Waals surface area contributed by atoms with Gasteiger partial charge in [-0.25, -0.2) is 12.7 Å². The largest absolute Gasteiger partial charge is 0.316 e. The molecule has 2 atom stereocenters. The van der Waals surface area contributed by atoms with E-state index in [1.165, 1.54) is 4.31 Å². The molecule has 0 amide bonds. The van der Waals surface area contributed by atoms with Gasteiger partial charge in [-0.15, -0.1) is 0 Å². The minimum Gasteiger partial charge on any atom is -0.316 e. The first-order chi connectivity index (χ1) is 9.96. The highest BCUT2D eigenvalue weighted by Gasteiger charge is 2.35. The van der Waals surface area contributed by atoms with E-state index >= 15 is 0 Å². The Balaban J connectivity index is 1.72. The zero-order chi connectivity index (χ0) is 15.0. The van der Waals surface area contributed by atoms with Crippen LogP contribution in [0.4, 0.5) is 0 Å². The molecule has 1 aromatic carbocycles. The van der Waals surface area contributed by atoms with Gasteiger partial charge in [0.25, 0.3) is 0 Å². The number of nitrogens with one attached hydrogen (secondary N) is 1. The highest BCUT2D eigenvalue weighted by molar-refractivity contribution is 7.89. The van der Waals surface area contributed by atoms with E-state index in [1.807, 2.05) is 18.2 Å². The van der Waals surface area contributed by atoms with Crippen molar-refractivity contribution in [1.82, 2.24) is 14.5 Å². The van der Waals surface area contributed by atoms with Gasteiger partial charge >= 0.3 is 0 Å². The Labute approximate surface area is 127 Å². The zero-order valence-corrected chi connectivity index (χ0v) is 13.4. The lowest BCUT2D eigenvalue weighted by molar-refractivity contribution is 0.305. The van der Waals surface area contributed by atoms with Crippen molar-refractivity contribution < 1.29 is 8.42 Å². The van der Waals surface area contributed by atoms with Gasteiger partial charge in [0, 0.05) is 33.7 Å². The van der Waals surface area contributed by atoms with Gasteiger partial charge < -0.3 is 5.32 Å². The van der Waals surface area contributed by atoms with E-state index in [0.717, 1.165) is 50.1 Å². The number of sulfonamides is 1. The summed E-state index contributed by atoms with van der Waals surface area (Å²) in [4.78, 5) is 2.82. The van der Waals surface area contributed by atoms with Crippen LogP contribution in [0.3, 0.4) is 0 Å². The molecule has 0 bridgehead atoms.